The van der Waals surface area contributed by atoms with Gasteiger partial charge in [0.15, 0.2) is 5.11 Å². The summed E-state index contributed by atoms with van der Waals surface area (Å²) in [7, 11) is 3.33. The number of nitrogens with zero attached hydrogens (tertiary/aromatic N) is 2. The summed E-state index contributed by atoms with van der Waals surface area (Å²) in [6, 6.07) is 13.0. The summed E-state index contributed by atoms with van der Waals surface area (Å²) in [6.45, 7) is 3.08. The molecule has 1 heterocycles. The number of nitrogens with one attached hydrogen (secondary N) is 2. The monoisotopic (exact) mass is 440 g/mol. The Kier molecular flexibility index (Phi) is 7.32. The van der Waals surface area contributed by atoms with E-state index in [0.29, 0.717) is 35.5 Å². The lowest BCUT2D eigenvalue weighted by atomic mass is 10.1. The van der Waals surface area contributed by atoms with Gasteiger partial charge in [0.05, 0.1) is 12.7 Å². The van der Waals surface area contributed by atoms with Crippen molar-refractivity contribution in [3.63, 3.8) is 0 Å². The van der Waals surface area contributed by atoms with Crippen LogP contribution in [0.15, 0.2) is 48.5 Å². The first kappa shape index (κ1) is 22.4. The molecule has 0 spiro atoms. The zero-order valence-corrected chi connectivity index (χ0v) is 18.2. The molecule has 0 unspecified atom stereocenters. The van der Waals surface area contributed by atoms with Crippen molar-refractivity contribution in [2.45, 2.75) is 0 Å². The van der Waals surface area contributed by atoms with E-state index >= 15 is 0 Å². The van der Waals surface area contributed by atoms with E-state index in [1.165, 1.54) is 31.4 Å². The van der Waals surface area contributed by atoms with E-state index in [1.54, 1.807) is 24.3 Å². The van der Waals surface area contributed by atoms with Crippen LogP contribution in [0.1, 0.15) is 31.1 Å². The molecular weight excluding hydrogens is 416 g/mol. The van der Waals surface area contributed by atoms with Crippen LogP contribution in [0.2, 0.25) is 0 Å². The molecule has 9 heteroatoms. The van der Waals surface area contributed by atoms with E-state index in [1.807, 2.05) is 11.9 Å². The van der Waals surface area contributed by atoms with Crippen LogP contribution in [-0.4, -0.2) is 73.0 Å². The van der Waals surface area contributed by atoms with Crippen LogP contribution >= 0.6 is 12.2 Å². The number of likely N-dealkylation sites (N-methyl/N-ethyl adjacent to an activating group) is 1. The first-order chi connectivity index (χ1) is 14.9. The van der Waals surface area contributed by atoms with E-state index < -0.39 is 11.9 Å². The van der Waals surface area contributed by atoms with E-state index in [9.17, 15) is 14.4 Å². The molecule has 1 fully saturated rings. The Morgan fingerprint density at radius 2 is 1.58 bits per heavy atom. The number of ether oxygens (including phenoxy) is 1. The largest absolute Gasteiger partial charge is 0.465 e. The number of methoxy groups -OCH3 is 1. The SMILES string of the molecule is COC(=O)c1ccc(C(=O)NC(=S)Nc2cccc(C(=O)N3CCN(C)CC3)c2)cc1. The van der Waals surface area contributed by atoms with E-state index in [-0.39, 0.29) is 11.0 Å². The number of hydrogen-bond donors (Lipinski definition) is 2. The molecule has 2 N–H and O–H groups in total. The first-order valence-electron chi connectivity index (χ1n) is 9.76. The van der Waals surface area contributed by atoms with Gasteiger partial charge in [0.1, 0.15) is 0 Å². The Morgan fingerprint density at radius 1 is 0.935 bits per heavy atom. The molecule has 0 bridgehead atoms. The molecule has 1 aliphatic rings. The zero-order chi connectivity index (χ0) is 22.4. The number of carbonyl (C=O) groups is 3. The first-order valence-corrected chi connectivity index (χ1v) is 10.2. The maximum Gasteiger partial charge on any atom is 0.337 e. The molecule has 162 valence electrons. The summed E-state index contributed by atoms with van der Waals surface area (Å²) in [6.07, 6.45) is 0. The Hall–Kier alpha value is -3.30. The van der Waals surface area contributed by atoms with Crippen LogP contribution in [0, 0.1) is 0 Å². The minimum atomic E-state index is -0.477. The van der Waals surface area contributed by atoms with Gasteiger partial charge in [-0.1, -0.05) is 6.07 Å². The van der Waals surface area contributed by atoms with Gasteiger partial charge in [-0.3, -0.25) is 14.9 Å². The third-order valence-corrected chi connectivity index (χ3v) is 5.16. The van der Waals surface area contributed by atoms with Gasteiger partial charge in [0.25, 0.3) is 11.8 Å². The Bertz CT molecular complexity index is 985. The second-order valence-corrected chi connectivity index (χ2v) is 7.56. The molecule has 0 saturated carbocycles. The van der Waals surface area contributed by atoms with Crippen molar-refractivity contribution in [3.8, 4) is 0 Å². The summed E-state index contributed by atoms with van der Waals surface area (Å²) in [5.41, 5.74) is 1.85. The zero-order valence-electron chi connectivity index (χ0n) is 17.4. The normalized spacial score (nSPS) is 13.9. The predicted octanol–water partition coefficient (Wildman–Crippen LogP) is 1.99. The number of benzene rings is 2. The second kappa shape index (κ2) is 10.1. The third-order valence-electron chi connectivity index (χ3n) is 4.95. The van der Waals surface area contributed by atoms with Crippen molar-refractivity contribution in [3.05, 3.63) is 65.2 Å². The third kappa shape index (κ3) is 5.87. The van der Waals surface area contributed by atoms with Gasteiger partial charge < -0.3 is 19.9 Å². The van der Waals surface area contributed by atoms with Gasteiger partial charge in [-0.15, -0.1) is 0 Å². The lowest BCUT2D eigenvalue weighted by Gasteiger charge is -2.32. The van der Waals surface area contributed by atoms with E-state index in [4.69, 9.17) is 12.2 Å². The lowest BCUT2D eigenvalue weighted by molar-refractivity contribution is 0.0599. The highest BCUT2D eigenvalue weighted by atomic mass is 32.1. The standard InChI is InChI=1S/C22H24N4O4S/c1-25-10-12-26(13-11-25)20(28)17-4-3-5-18(14-17)23-22(31)24-19(27)15-6-8-16(9-7-15)21(29)30-2/h3-9,14H,10-13H2,1-2H3,(H2,23,24,27,31). The molecule has 1 saturated heterocycles. The summed E-state index contributed by atoms with van der Waals surface area (Å²) in [4.78, 5) is 40.6. The molecule has 8 nitrogen and oxygen atoms in total. The summed E-state index contributed by atoms with van der Waals surface area (Å²) < 4.78 is 4.64. The van der Waals surface area contributed by atoms with Crippen LogP contribution in [0.25, 0.3) is 0 Å². The molecule has 0 aromatic heterocycles. The highest BCUT2D eigenvalue weighted by molar-refractivity contribution is 7.80. The minimum Gasteiger partial charge on any atom is -0.465 e. The molecule has 0 radical (unpaired) electrons. The average Bonchev–Trinajstić information content (AvgIpc) is 2.78. The molecule has 31 heavy (non-hydrogen) atoms. The number of rotatable bonds is 4. The number of carbonyl (C=O) groups excluding carboxylic acids is 3. The molecular formula is C22H24N4O4S. The summed E-state index contributed by atoms with van der Waals surface area (Å²) >= 11 is 5.23. The molecule has 1 aliphatic heterocycles. The molecule has 2 aromatic rings. The smallest absolute Gasteiger partial charge is 0.337 e. The van der Waals surface area contributed by atoms with Gasteiger partial charge >= 0.3 is 5.97 Å². The lowest BCUT2D eigenvalue weighted by Crippen LogP contribution is -2.47. The van der Waals surface area contributed by atoms with Crippen molar-refractivity contribution in [2.24, 2.45) is 0 Å². The Balaban J connectivity index is 1.59. The Labute approximate surface area is 186 Å². The number of hydrogen-bond acceptors (Lipinski definition) is 6. The molecule has 0 atom stereocenters. The fourth-order valence-corrected chi connectivity index (χ4v) is 3.35. The summed E-state index contributed by atoms with van der Waals surface area (Å²) in [5, 5.41) is 5.62. The second-order valence-electron chi connectivity index (χ2n) is 7.15. The molecule has 2 amide bonds. The Morgan fingerprint density at radius 3 is 2.23 bits per heavy atom. The van der Waals surface area contributed by atoms with Gasteiger partial charge in [0, 0.05) is 43.0 Å². The fourth-order valence-electron chi connectivity index (χ4n) is 3.14. The maximum atomic E-state index is 12.7. The number of anilines is 1. The van der Waals surface area contributed by atoms with E-state index in [0.717, 1.165) is 13.1 Å². The number of amides is 2. The quantitative estimate of drug-likeness (QED) is 0.555. The number of piperazine rings is 1. The van der Waals surface area contributed by atoms with Crippen molar-refractivity contribution < 1.29 is 19.1 Å². The van der Waals surface area contributed by atoms with Crippen molar-refractivity contribution >= 4 is 40.8 Å². The van der Waals surface area contributed by atoms with Gasteiger partial charge in [-0.25, -0.2) is 4.79 Å². The topological polar surface area (TPSA) is 91.0 Å². The van der Waals surface area contributed by atoms with Gasteiger partial charge in [0.2, 0.25) is 0 Å². The van der Waals surface area contributed by atoms with Crippen molar-refractivity contribution in [1.82, 2.24) is 15.1 Å². The molecule has 2 aromatic carbocycles. The highest BCUT2D eigenvalue weighted by Crippen LogP contribution is 2.14. The van der Waals surface area contributed by atoms with Crippen LogP contribution < -0.4 is 10.6 Å². The fraction of sp³-hybridized carbons (Fsp3) is 0.273. The van der Waals surface area contributed by atoms with Crippen LogP contribution in [0.5, 0.6) is 0 Å². The van der Waals surface area contributed by atoms with Crippen LogP contribution in [0.4, 0.5) is 5.69 Å². The minimum absolute atomic E-state index is 0.0302. The predicted molar refractivity (Wildman–Crippen MR) is 121 cm³/mol. The van der Waals surface area contributed by atoms with Gasteiger partial charge in [-0.05, 0) is 61.7 Å². The highest BCUT2D eigenvalue weighted by Gasteiger charge is 2.20. The number of esters is 1. The van der Waals surface area contributed by atoms with Crippen molar-refractivity contribution in [1.29, 1.82) is 0 Å². The van der Waals surface area contributed by atoms with Crippen LogP contribution in [0.3, 0.4) is 0 Å². The van der Waals surface area contributed by atoms with Gasteiger partial charge in [-0.2, -0.15) is 0 Å². The van der Waals surface area contributed by atoms with Crippen molar-refractivity contribution in [2.75, 3.05) is 45.7 Å². The summed E-state index contributed by atoms with van der Waals surface area (Å²) in [5.74, 6) is -0.925. The van der Waals surface area contributed by atoms with E-state index in [2.05, 4.69) is 20.3 Å². The van der Waals surface area contributed by atoms with Crippen LogP contribution in [-0.2, 0) is 4.74 Å². The molecule has 3 rings (SSSR count). The molecule has 0 aliphatic carbocycles. The average molecular weight is 441 g/mol. The maximum absolute atomic E-state index is 12.7. The number of thiocarbonyl (C=S) groups is 1.